The van der Waals surface area contributed by atoms with Crippen molar-refractivity contribution in [3.63, 3.8) is 0 Å². The number of aliphatic hydroxyl groups is 1. The normalized spacial score (nSPS) is 9.91. The highest BCUT2D eigenvalue weighted by Crippen LogP contribution is 2.21. The largest absolute Gasteiger partial charge is 0.392 e. The van der Waals surface area contributed by atoms with Gasteiger partial charge in [-0.15, -0.1) is 11.3 Å². The van der Waals surface area contributed by atoms with Gasteiger partial charge < -0.3 is 5.11 Å². The van der Waals surface area contributed by atoms with E-state index < -0.39 is 0 Å². The summed E-state index contributed by atoms with van der Waals surface area (Å²) < 4.78 is 1.16. The Morgan fingerprint density at radius 3 is 2.59 bits per heavy atom. The Morgan fingerprint density at radius 2 is 1.95 bits per heavy atom. The number of aliphatic hydroxyl groups excluding tert-OH is 1. The third kappa shape index (κ3) is 4.43. The van der Waals surface area contributed by atoms with Gasteiger partial charge in [0.15, 0.2) is 0 Å². The maximum atomic E-state index is 8.70. The highest BCUT2D eigenvalue weighted by atomic mass is 35.5. The van der Waals surface area contributed by atoms with Gasteiger partial charge in [-0.25, -0.2) is 4.98 Å². The van der Waals surface area contributed by atoms with Gasteiger partial charge in [0, 0.05) is 10.0 Å². The van der Waals surface area contributed by atoms with Gasteiger partial charge in [0.05, 0.1) is 29.3 Å². The molecule has 0 atom stereocenters. The van der Waals surface area contributed by atoms with Crippen molar-refractivity contribution in [3.8, 4) is 6.07 Å². The molecule has 0 aliphatic carbocycles. The first-order chi connectivity index (χ1) is 10.6. The molecule has 3 rings (SSSR count). The fourth-order valence-electron chi connectivity index (χ4n) is 1.73. The van der Waals surface area contributed by atoms with Gasteiger partial charge in [-0.1, -0.05) is 35.3 Å². The van der Waals surface area contributed by atoms with E-state index >= 15 is 0 Å². The Balaban J connectivity index is 0.000000164. The molecule has 6 heteroatoms. The van der Waals surface area contributed by atoms with Crippen LogP contribution in [0.2, 0.25) is 10.0 Å². The molecule has 0 bridgehead atoms. The van der Waals surface area contributed by atoms with Crippen LogP contribution in [0.1, 0.15) is 10.6 Å². The van der Waals surface area contributed by atoms with Crippen LogP contribution in [0.25, 0.3) is 10.2 Å². The predicted molar refractivity (Wildman–Crippen MR) is 91.3 cm³/mol. The number of fused-ring (bicyclic) bond motifs is 1. The molecule has 1 heterocycles. The van der Waals surface area contributed by atoms with Gasteiger partial charge in [0.25, 0.3) is 0 Å². The van der Waals surface area contributed by atoms with E-state index in [4.69, 9.17) is 33.6 Å². The molecule has 0 unspecified atom stereocenters. The number of thiazole rings is 1. The molecule has 0 saturated heterocycles. The molecule has 2 aromatic carbocycles. The van der Waals surface area contributed by atoms with Crippen LogP contribution in [0, 0.1) is 11.3 Å². The number of nitriles is 1. The zero-order chi connectivity index (χ0) is 15.9. The van der Waals surface area contributed by atoms with Crippen LogP contribution in [-0.2, 0) is 13.0 Å². The van der Waals surface area contributed by atoms with E-state index in [-0.39, 0.29) is 6.61 Å². The van der Waals surface area contributed by atoms with Crippen LogP contribution in [0.4, 0.5) is 0 Å². The van der Waals surface area contributed by atoms with Crippen molar-refractivity contribution in [2.24, 2.45) is 0 Å². The summed E-state index contributed by atoms with van der Waals surface area (Å²) in [4.78, 5) is 4.30. The number of nitrogens with zero attached hydrogens (tertiary/aromatic N) is 2. The van der Waals surface area contributed by atoms with E-state index in [2.05, 4.69) is 11.1 Å². The summed E-state index contributed by atoms with van der Waals surface area (Å²) in [6.07, 6.45) is 0.416. The third-order valence-electron chi connectivity index (χ3n) is 2.75. The van der Waals surface area contributed by atoms with Crippen molar-refractivity contribution in [3.05, 3.63) is 63.1 Å². The van der Waals surface area contributed by atoms with Crippen molar-refractivity contribution in [2.75, 3.05) is 0 Å². The molecule has 1 N–H and O–H groups in total. The van der Waals surface area contributed by atoms with Crippen molar-refractivity contribution in [2.45, 2.75) is 13.0 Å². The van der Waals surface area contributed by atoms with E-state index in [0.717, 1.165) is 15.2 Å². The van der Waals surface area contributed by atoms with Gasteiger partial charge in [-0.3, -0.25) is 0 Å². The molecule has 1 aromatic heterocycles. The number of hydrogen-bond acceptors (Lipinski definition) is 4. The molecule has 0 aliphatic heterocycles. The average Bonchev–Trinajstić information content (AvgIpc) is 2.93. The summed E-state index contributed by atoms with van der Waals surface area (Å²) in [7, 11) is 0. The molecule has 0 spiro atoms. The summed E-state index contributed by atoms with van der Waals surface area (Å²) in [6.45, 7) is -0.0700. The fourth-order valence-corrected chi connectivity index (χ4v) is 3.00. The second kappa shape index (κ2) is 8.11. The summed E-state index contributed by atoms with van der Waals surface area (Å²) in [5.74, 6) is 0. The lowest BCUT2D eigenvalue weighted by Crippen LogP contribution is -1.83. The van der Waals surface area contributed by atoms with Gasteiger partial charge >= 0.3 is 0 Å². The smallest absolute Gasteiger partial charge is 0.108 e. The molecular formula is C16H12Cl2N2OS. The number of rotatable bonds is 2. The predicted octanol–water partition coefficient (Wildman–Crippen LogP) is 4.85. The fraction of sp³-hybridized carbons (Fsp3) is 0.125. The van der Waals surface area contributed by atoms with Crippen molar-refractivity contribution in [1.29, 1.82) is 5.26 Å². The first-order valence-electron chi connectivity index (χ1n) is 6.40. The summed E-state index contributed by atoms with van der Waals surface area (Å²) in [5.41, 5.74) is 1.65. The van der Waals surface area contributed by atoms with Gasteiger partial charge in [-0.2, -0.15) is 5.26 Å². The SMILES string of the molecule is N#CCc1nc2ccccc2s1.OCc1cc(Cl)ccc1Cl. The van der Waals surface area contributed by atoms with E-state index in [0.29, 0.717) is 22.0 Å². The molecule has 0 amide bonds. The van der Waals surface area contributed by atoms with E-state index in [1.807, 2.05) is 24.3 Å². The van der Waals surface area contributed by atoms with Crippen LogP contribution < -0.4 is 0 Å². The maximum Gasteiger partial charge on any atom is 0.108 e. The van der Waals surface area contributed by atoms with Crippen LogP contribution in [0.5, 0.6) is 0 Å². The Hall–Kier alpha value is -1.64. The topological polar surface area (TPSA) is 56.9 Å². The number of para-hydroxylation sites is 1. The Kier molecular flexibility index (Phi) is 6.17. The van der Waals surface area contributed by atoms with Gasteiger partial charge in [0.1, 0.15) is 5.01 Å². The standard InChI is InChI=1S/C9H6N2S.C7H6Cl2O/c10-6-5-9-11-7-3-1-2-4-8(7)12-9;8-6-1-2-7(9)5(3-6)4-10/h1-4H,5H2;1-3,10H,4H2. The molecule has 112 valence electrons. The minimum Gasteiger partial charge on any atom is -0.392 e. The molecule has 3 aromatic rings. The zero-order valence-corrected chi connectivity index (χ0v) is 13.8. The summed E-state index contributed by atoms with van der Waals surface area (Å²) in [6, 6.07) is 15.0. The first kappa shape index (κ1) is 16.7. The molecular weight excluding hydrogens is 339 g/mol. The lowest BCUT2D eigenvalue weighted by atomic mass is 10.2. The van der Waals surface area contributed by atoms with Gasteiger partial charge in [0.2, 0.25) is 0 Å². The monoisotopic (exact) mass is 350 g/mol. The number of benzene rings is 2. The molecule has 0 fully saturated rings. The lowest BCUT2D eigenvalue weighted by Gasteiger charge is -1.98. The molecule has 0 aliphatic rings. The minimum absolute atomic E-state index is 0.0700. The molecule has 0 radical (unpaired) electrons. The van der Waals surface area contributed by atoms with Crippen LogP contribution in [0.15, 0.2) is 42.5 Å². The molecule has 0 saturated carbocycles. The van der Waals surface area contributed by atoms with Crippen molar-refractivity contribution >= 4 is 44.8 Å². The van der Waals surface area contributed by atoms with Crippen molar-refractivity contribution < 1.29 is 5.11 Å². The second-order valence-electron chi connectivity index (χ2n) is 4.30. The Morgan fingerprint density at radius 1 is 1.18 bits per heavy atom. The van der Waals surface area contributed by atoms with Crippen LogP contribution in [-0.4, -0.2) is 10.1 Å². The minimum atomic E-state index is -0.0700. The first-order valence-corrected chi connectivity index (χ1v) is 7.97. The summed E-state index contributed by atoms with van der Waals surface area (Å²) >= 11 is 12.9. The number of halogens is 2. The van der Waals surface area contributed by atoms with Crippen LogP contribution in [0.3, 0.4) is 0 Å². The Labute approximate surface area is 142 Å². The summed E-state index contributed by atoms with van der Waals surface area (Å²) in [5, 5.41) is 19.2. The quantitative estimate of drug-likeness (QED) is 0.718. The highest BCUT2D eigenvalue weighted by molar-refractivity contribution is 7.18. The molecule has 3 nitrogen and oxygen atoms in total. The zero-order valence-electron chi connectivity index (χ0n) is 11.5. The third-order valence-corrected chi connectivity index (χ3v) is 4.39. The van der Waals surface area contributed by atoms with Crippen LogP contribution >= 0.6 is 34.5 Å². The van der Waals surface area contributed by atoms with E-state index in [1.165, 1.54) is 0 Å². The Bertz CT molecular complexity index is 778. The number of aromatic nitrogens is 1. The maximum absolute atomic E-state index is 8.70. The molecule has 22 heavy (non-hydrogen) atoms. The van der Waals surface area contributed by atoms with E-state index in [1.54, 1.807) is 29.5 Å². The van der Waals surface area contributed by atoms with Gasteiger partial charge in [-0.05, 0) is 35.9 Å². The van der Waals surface area contributed by atoms with Crippen molar-refractivity contribution in [1.82, 2.24) is 4.98 Å². The number of hydrogen-bond donors (Lipinski definition) is 1. The second-order valence-corrected chi connectivity index (χ2v) is 6.26. The lowest BCUT2D eigenvalue weighted by molar-refractivity contribution is 0.282. The average molecular weight is 351 g/mol. The highest BCUT2D eigenvalue weighted by Gasteiger charge is 2.00. The van der Waals surface area contributed by atoms with E-state index in [9.17, 15) is 0 Å².